The lowest BCUT2D eigenvalue weighted by Gasteiger charge is -2.24. The molecule has 0 saturated heterocycles. The van der Waals surface area contributed by atoms with E-state index in [4.69, 9.17) is 5.73 Å². The molecule has 0 aliphatic heterocycles. The molecule has 0 saturated carbocycles. The first-order valence-electron chi connectivity index (χ1n) is 4.76. The molecule has 0 fully saturated rings. The van der Waals surface area contributed by atoms with Crippen molar-refractivity contribution in [2.45, 2.75) is 38.5 Å². The summed E-state index contributed by atoms with van der Waals surface area (Å²) in [5.74, 6) is 2.57. The van der Waals surface area contributed by atoms with Crippen LogP contribution in [0, 0.1) is 0 Å². The summed E-state index contributed by atoms with van der Waals surface area (Å²) in [5.41, 5.74) is 6.36. The first kappa shape index (κ1) is 12.5. The highest BCUT2D eigenvalue weighted by Gasteiger charge is 2.21. The van der Waals surface area contributed by atoms with Crippen molar-refractivity contribution in [2.24, 2.45) is 5.73 Å². The summed E-state index contributed by atoms with van der Waals surface area (Å²) in [6, 6.07) is 0. The molecule has 0 aliphatic carbocycles. The van der Waals surface area contributed by atoms with Crippen molar-refractivity contribution in [1.82, 2.24) is 0 Å². The molecule has 3 heteroatoms. The van der Waals surface area contributed by atoms with Crippen LogP contribution >= 0.6 is 11.8 Å². The van der Waals surface area contributed by atoms with Crippen molar-refractivity contribution in [3.63, 3.8) is 0 Å². The molecule has 0 aromatic rings. The molecule has 1 atom stereocenters. The summed E-state index contributed by atoms with van der Waals surface area (Å²) >= 11 is 2.07. The third kappa shape index (κ3) is 6.09. The van der Waals surface area contributed by atoms with Gasteiger partial charge in [-0.25, -0.2) is 0 Å². The predicted molar refractivity (Wildman–Crippen MR) is 63.8 cm³/mol. The van der Waals surface area contributed by atoms with Gasteiger partial charge in [-0.15, -0.1) is 0 Å². The Labute approximate surface area is 82.5 Å². The van der Waals surface area contributed by atoms with E-state index in [2.05, 4.69) is 38.3 Å². The number of thioether (sulfide) groups is 1. The van der Waals surface area contributed by atoms with Crippen LogP contribution in [0.15, 0.2) is 0 Å². The zero-order chi connectivity index (χ0) is 9.61. The number of hydrogen-bond donors (Lipinski definition) is 1. The Kier molecular flexibility index (Phi) is 6.32. The fourth-order valence-corrected chi connectivity index (χ4v) is 3.94. The number of rotatable bonds is 6. The van der Waals surface area contributed by atoms with Gasteiger partial charge in [-0.05, 0) is 30.0 Å². The molecule has 0 spiro atoms. The fourth-order valence-electron chi connectivity index (χ4n) is 0.696. The van der Waals surface area contributed by atoms with Crippen molar-refractivity contribution in [3.05, 3.63) is 0 Å². The highest BCUT2D eigenvalue weighted by atomic mass is 32.2. The van der Waals surface area contributed by atoms with Crippen molar-refractivity contribution in [1.29, 1.82) is 0 Å². The number of hydrogen-bond acceptors (Lipinski definition) is 2. The van der Waals surface area contributed by atoms with Gasteiger partial charge in [0.25, 0.3) is 0 Å². The highest BCUT2D eigenvalue weighted by Crippen LogP contribution is 2.25. The van der Waals surface area contributed by atoms with Gasteiger partial charge in [-0.2, -0.15) is 11.8 Å². The third-order valence-electron chi connectivity index (χ3n) is 2.34. The van der Waals surface area contributed by atoms with Crippen molar-refractivity contribution >= 4 is 19.8 Å². The van der Waals surface area contributed by atoms with Crippen LogP contribution in [0.2, 0.25) is 25.2 Å². The van der Waals surface area contributed by atoms with Crippen LogP contribution in [0.4, 0.5) is 0 Å². The molecule has 1 unspecified atom stereocenters. The van der Waals surface area contributed by atoms with Crippen LogP contribution in [-0.2, 0) is 0 Å². The highest BCUT2D eigenvalue weighted by molar-refractivity contribution is 7.99. The Hall–Kier alpha value is 0.527. The Bertz CT molecular complexity index is 112. The lowest BCUT2D eigenvalue weighted by molar-refractivity contribution is 0.939. The van der Waals surface area contributed by atoms with Gasteiger partial charge in [0.05, 0.1) is 0 Å². The predicted octanol–water partition coefficient (Wildman–Crippen LogP) is 2.80. The SMILES string of the molecule is CC(CSCCCN)[Si](C)(C)C. The van der Waals surface area contributed by atoms with Gasteiger partial charge in [0.1, 0.15) is 0 Å². The second-order valence-corrected chi connectivity index (χ2v) is 11.4. The van der Waals surface area contributed by atoms with Crippen molar-refractivity contribution < 1.29 is 0 Å². The van der Waals surface area contributed by atoms with Crippen molar-refractivity contribution in [3.8, 4) is 0 Å². The molecule has 0 aliphatic rings. The fraction of sp³-hybridized carbons (Fsp3) is 1.00. The zero-order valence-electron chi connectivity index (χ0n) is 8.89. The van der Waals surface area contributed by atoms with E-state index in [0.29, 0.717) is 0 Å². The molecule has 0 rings (SSSR count). The molecule has 0 amide bonds. The lowest BCUT2D eigenvalue weighted by atomic mass is 10.5. The van der Waals surface area contributed by atoms with E-state index in [9.17, 15) is 0 Å². The monoisotopic (exact) mass is 205 g/mol. The standard InChI is InChI=1S/C9H23NSSi/c1-9(12(2,3)4)8-11-7-5-6-10/h9H,5-8,10H2,1-4H3. The normalized spacial score (nSPS) is 14.8. The van der Waals surface area contributed by atoms with E-state index in [1.165, 1.54) is 17.9 Å². The van der Waals surface area contributed by atoms with Gasteiger partial charge < -0.3 is 5.73 Å². The average Bonchev–Trinajstić information content (AvgIpc) is 1.96. The maximum Gasteiger partial charge on any atom is 0.0479 e. The van der Waals surface area contributed by atoms with Gasteiger partial charge >= 0.3 is 0 Å². The van der Waals surface area contributed by atoms with Crippen molar-refractivity contribution in [2.75, 3.05) is 18.1 Å². The van der Waals surface area contributed by atoms with Crippen LogP contribution in [0.1, 0.15) is 13.3 Å². The van der Waals surface area contributed by atoms with E-state index in [1.54, 1.807) is 0 Å². The van der Waals surface area contributed by atoms with Crippen LogP contribution in [0.3, 0.4) is 0 Å². The van der Waals surface area contributed by atoms with E-state index in [-0.39, 0.29) is 0 Å². The summed E-state index contributed by atoms with van der Waals surface area (Å²) in [5, 5.41) is 0. The second-order valence-electron chi connectivity index (χ2n) is 4.48. The molecule has 2 N–H and O–H groups in total. The van der Waals surface area contributed by atoms with Gasteiger partial charge in [0.2, 0.25) is 0 Å². The van der Waals surface area contributed by atoms with E-state index < -0.39 is 8.07 Å². The van der Waals surface area contributed by atoms with E-state index in [0.717, 1.165) is 12.1 Å². The molecular formula is C9H23NSSi. The minimum absolute atomic E-state index is 0.842. The summed E-state index contributed by atoms with van der Waals surface area (Å²) < 4.78 is 0. The van der Waals surface area contributed by atoms with Gasteiger partial charge in [0.15, 0.2) is 0 Å². The molecule has 12 heavy (non-hydrogen) atoms. The Morgan fingerprint density at radius 2 is 1.92 bits per heavy atom. The Morgan fingerprint density at radius 1 is 1.33 bits per heavy atom. The molecule has 1 nitrogen and oxygen atoms in total. The topological polar surface area (TPSA) is 26.0 Å². The lowest BCUT2D eigenvalue weighted by Crippen LogP contribution is -2.27. The Balaban J connectivity index is 3.38. The van der Waals surface area contributed by atoms with Crippen LogP contribution < -0.4 is 5.73 Å². The van der Waals surface area contributed by atoms with Gasteiger partial charge in [0, 0.05) is 8.07 Å². The maximum absolute atomic E-state index is 5.43. The first-order valence-corrected chi connectivity index (χ1v) is 9.49. The van der Waals surface area contributed by atoms with E-state index in [1.807, 2.05) is 0 Å². The van der Waals surface area contributed by atoms with E-state index >= 15 is 0 Å². The molecular weight excluding hydrogens is 182 g/mol. The van der Waals surface area contributed by atoms with Gasteiger partial charge in [-0.1, -0.05) is 26.6 Å². The average molecular weight is 205 g/mol. The summed E-state index contributed by atoms with van der Waals surface area (Å²) in [4.78, 5) is 0. The third-order valence-corrected chi connectivity index (χ3v) is 7.11. The van der Waals surface area contributed by atoms with Crippen LogP contribution in [0.25, 0.3) is 0 Å². The summed E-state index contributed by atoms with van der Waals surface area (Å²) in [6.07, 6.45) is 1.17. The number of nitrogens with two attached hydrogens (primary N) is 1. The molecule has 0 bridgehead atoms. The Morgan fingerprint density at radius 3 is 2.33 bits per heavy atom. The second kappa shape index (κ2) is 6.05. The first-order chi connectivity index (χ1) is 5.48. The molecule has 74 valence electrons. The minimum atomic E-state index is -0.873. The zero-order valence-corrected chi connectivity index (χ0v) is 10.7. The van der Waals surface area contributed by atoms with Gasteiger partial charge in [-0.3, -0.25) is 0 Å². The molecule has 0 aromatic heterocycles. The van der Waals surface area contributed by atoms with Crippen LogP contribution in [0.5, 0.6) is 0 Å². The molecule has 0 heterocycles. The quantitative estimate of drug-likeness (QED) is 0.533. The smallest absolute Gasteiger partial charge is 0.0479 e. The van der Waals surface area contributed by atoms with Crippen LogP contribution in [-0.4, -0.2) is 26.1 Å². The largest absolute Gasteiger partial charge is 0.330 e. The molecule has 0 aromatic carbocycles. The minimum Gasteiger partial charge on any atom is -0.330 e. The maximum atomic E-state index is 5.43. The molecule has 0 radical (unpaired) electrons. The summed E-state index contributed by atoms with van der Waals surface area (Å²) in [6.45, 7) is 10.6. The summed E-state index contributed by atoms with van der Waals surface area (Å²) in [7, 11) is -0.873.